The van der Waals surface area contributed by atoms with Gasteiger partial charge in [-0.3, -0.25) is 4.79 Å². The fraction of sp³-hybridized carbons (Fsp3) is 0.167. The highest BCUT2D eigenvalue weighted by Crippen LogP contribution is 2.27. The van der Waals surface area contributed by atoms with Gasteiger partial charge in [-0.2, -0.15) is 0 Å². The second-order valence-corrected chi connectivity index (χ2v) is 2.34. The molecule has 0 aliphatic rings. The van der Waals surface area contributed by atoms with Gasteiger partial charge in [-0.25, -0.2) is 0 Å². The van der Waals surface area contributed by atoms with Gasteiger partial charge in [0, 0.05) is 6.92 Å². The van der Waals surface area contributed by atoms with Crippen LogP contribution in [0.4, 0.5) is 0 Å². The number of carbonyl (C=O) groups is 1. The molecule has 1 aromatic rings. The number of hydrogen-bond donors (Lipinski definition) is 2. The molecule has 0 aliphatic carbocycles. The predicted molar refractivity (Wildman–Crippen MR) is 37.6 cm³/mol. The normalized spacial score (nSPS) is 9.80. The topological polar surface area (TPSA) is 50.4 Å². The molecule has 0 saturated heterocycles. The molecule has 1 N–H and O–H groups in total. The Bertz CT molecular complexity index is 264. The summed E-state index contributed by atoms with van der Waals surface area (Å²) in [6.45, 7) is 1.31. The fourth-order valence-corrected chi connectivity index (χ4v) is 0.747. The Morgan fingerprint density at radius 3 is 2.60 bits per heavy atom. The highest BCUT2D eigenvalue weighted by Gasteiger charge is 2.13. The van der Waals surface area contributed by atoms with Crippen molar-refractivity contribution in [1.82, 2.24) is 0 Å². The first-order valence-electron chi connectivity index (χ1n) is 2.63. The molecular formula is C6H6O3S. The van der Waals surface area contributed by atoms with Crippen molar-refractivity contribution < 1.29 is 14.3 Å². The number of thiol groups is 1. The lowest BCUT2D eigenvalue weighted by atomic mass is 10.3. The van der Waals surface area contributed by atoms with E-state index in [2.05, 4.69) is 17.0 Å². The number of aromatic hydroxyl groups is 1. The van der Waals surface area contributed by atoms with Gasteiger partial charge in [-0.05, 0) is 0 Å². The molecule has 0 radical (unpaired) electrons. The largest absolute Gasteiger partial charge is 0.503 e. The molecule has 1 heterocycles. The van der Waals surface area contributed by atoms with Gasteiger partial charge in [0.15, 0.2) is 11.5 Å². The van der Waals surface area contributed by atoms with Crippen molar-refractivity contribution in [3.63, 3.8) is 0 Å². The lowest BCUT2D eigenvalue weighted by Crippen LogP contribution is -1.87. The van der Waals surface area contributed by atoms with E-state index in [1.807, 2.05) is 0 Å². The van der Waals surface area contributed by atoms with Crippen LogP contribution in [0.15, 0.2) is 15.6 Å². The second kappa shape index (κ2) is 2.38. The van der Waals surface area contributed by atoms with E-state index in [1.165, 1.54) is 13.2 Å². The van der Waals surface area contributed by atoms with Crippen molar-refractivity contribution in [3.05, 3.63) is 12.0 Å². The molecule has 1 aromatic heterocycles. The first-order chi connectivity index (χ1) is 4.63. The van der Waals surface area contributed by atoms with Crippen LogP contribution in [-0.2, 0) is 0 Å². The van der Waals surface area contributed by atoms with E-state index in [4.69, 9.17) is 5.11 Å². The summed E-state index contributed by atoms with van der Waals surface area (Å²) < 4.78 is 4.68. The summed E-state index contributed by atoms with van der Waals surface area (Å²) in [7, 11) is 0. The summed E-state index contributed by atoms with van der Waals surface area (Å²) >= 11 is 3.82. The standard InChI is InChI=1S/C6H6O3S/c1-3(7)6-5(8)4(10)2-9-6/h2,8,10H,1H3. The molecular weight excluding hydrogens is 152 g/mol. The molecule has 0 aromatic carbocycles. The zero-order valence-electron chi connectivity index (χ0n) is 5.29. The number of rotatable bonds is 1. The summed E-state index contributed by atoms with van der Waals surface area (Å²) in [5, 5.41) is 9.02. The number of carbonyl (C=O) groups excluding carboxylic acids is 1. The van der Waals surface area contributed by atoms with Crippen LogP contribution >= 0.6 is 12.6 Å². The molecule has 0 saturated carbocycles. The van der Waals surface area contributed by atoms with E-state index >= 15 is 0 Å². The van der Waals surface area contributed by atoms with Gasteiger partial charge < -0.3 is 9.52 Å². The fourth-order valence-electron chi connectivity index (χ4n) is 0.592. The van der Waals surface area contributed by atoms with E-state index in [0.717, 1.165) is 0 Å². The first kappa shape index (κ1) is 7.21. The Balaban J connectivity index is 3.17. The molecule has 0 spiro atoms. The SMILES string of the molecule is CC(=O)c1occ(S)c1O. The Morgan fingerprint density at radius 1 is 1.80 bits per heavy atom. The Labute approximate surface area is 63.1 Å². The Kier molecular flexibility index (Phi) is 1.72. The highest BCUT2D eigenvalue weighted by molar-refractivity contribution is 7.80. The average molecular weight is 158 g/mol. The van der Waals surface area contributed by atoms with Crippen molar-refractivity contribution >= 4 is 18.4 Å². The summed E-state index contributed by atoms with van der Waals surface area (Å²) in [6, 6.07) is 0. The minimum Gasteiger partial charge on any atom is -0.503 e. The zero-order chi connectivity index (χ0) is 7.72. The van der Waals surface area contributed by atoms with Gasteiger partial charge in [0.2, 0.25) is 5.76 Å². The van der Waals surface area contributed by atoms with E-state index in [0.29, 0.717) is 0 Å². The quantitative estimate of drug-likeness (QED) is 0.480. The minimum absolute atomic E-state index is 0.0370. The van der Waals surface area contributed by atoms with Crippen molar-refractivity contribution in [3.8, 4) is 5.75 Å². The van der Waals surface area contributed by atoms with Crippen molar-refractivity contribution in [2.24, 2.45) is 0 Å². The van der Waals surface area contributed by atoms with E-state index < -0.39 is 0 Å². The van der Waals surface area contributed by atoms with Crippen molar-refractivity contribution in [2.45, 2.75) is 11.8 Å². The van der Waals surface area contributed by atoms with Crippen LogP contribution in [0.25, 0.3) is 0 Å². The number of ketones is 1. The van der Waals surface area contributed by atoms with Gasteiger partial charge in [-0.15, -0.1) is 12.6 Å². The summed E-state index contributed by atoms with van der Waals surface area (Å²) in [4.78, 5) is 10.9. The predicted octanol–water partition coefficient (Wildman–Crippen LogP) is 1.48. The number of Topliss-reactive ketones (excluding diaryl/α,β-unsaturated/α-hetero) is 1. The Morgan fingerprint density at radius 2 is 2.40 bits per heavy atom. The van der Waals surface area contributed by atoms with Gasteiger partial charge in [0.25, 0.3) is 0 Å². The molecule has 0 aliphatic heterocycles. The van der Waals surface area contributed by atoms with E-state index in [-0.39, 0.29) is 22.2 Å². The van der Waals surface area contributed by atoms with E-state index in [1.54, 1.807) is 0 Å². The zero-order valence-corrected chi connectivity index (χ0v) is 6.18. The van der Waals surface area contributed by atoms with Gasteiger partial charge in [-0.1, -0.05) is 0 Å². The number of furan rings is 1. The third-order valence-electron chi connectivity index (χ3n) is 1.07. The third-order valence-corrected chi connectivity index (χ3v) is 1.38. The maximum Gasteiger partial charge on any atom is 0.211 e. The highest BCUT2D eigenvalue weighted by atomic mass is 32.1. The van der Waals surface area contributed by atoms with E-state index in [9.17, 15) is 4.79 Å². The van der Waals surface area contributed by atoms with Crippen LogP contribution in [-0.4, -0.2) is 10.9 Å². The molecule has 0 unspecified atom stereocenters. The molecule has 0 amide bonds. The van der Waals surface area contributed by atoms with Crippen LogP contribution < -0.4 is 0 Å². The molecule has 0 bridgehead atoms. The monoisotopic (exact) mass is 158 g/mol. The Hall–Kier alpha value is -0.900. The molecule has 0 atom stereocenters. The summed E-state index contributed by atoms with van der Waals surface area (Å²) in [6.07, 6.45) is 1.22. The molecule has 1 rings (SSSR count). The molecule has 0 fully saturated rings. The lowest BCUT2D eigenvalue weighted by Gasteiger charge is -1.87. The van der Waals surface area contributed by atoms with Crippen LogP contribution in [0.5, 0.6) is 5.75 Å². The van der Waals surface area contributed by atoms with Crippen LogP contribution in [0.2, 0.25) is 0 Å². The van der Waals surface area contributed by atoms with Crippen LogP contribution in [0.1, 0.15) is 17.5 Å². The van der Waals surface area contributed by atoms with Crippen molar-refractivity contribution in [1.29, 1.82) is 0 Å². The summed E-state index contributed by atoms with van der Waals surface area (Å²) in [5.74, 6) is -0.529. The maximum absolute atomic E-state index is 10.6. The van der Waals surface area contributed by atoms with Gasteiger partial charge in [0.05, 0.1) is 4.90 Å². The smallest absolute Gasteiger partial charge is 0.211 e. The molecule has 3 nitrogen and oxygen atoms in total. The number of hydrogen-bond acceptors (Lipinski definition) is 4. The molecule has 10 heavy (non-hydrogen) atoms. The van der Waals surface area contributed by atoms with Crippen molar-refractivity contribution in [2.75, 3.05) is 0 Å². The first-order valence-corrected chi connectivity index (χ1v) is 3.08. The van der Waals surface area contributed by atoms with Gasteiger partial charge >= 0.3 is 0 Å². The average Bonchev–Trinajstić information content (AvgIpc) is 2.14. The van der Waals surface area contributed by atoms with Crippen LogP contribution in [0.3, 0.4) is 0 Å². The van der Waals surface area contributed by atoms with Gasteiger partial charge in [0.1, 0.15) is 6.26 Å². The van der Waals surface area contributed by atoms with Crippen LogP contribution in [0, 0.1) is 0 Å². The molecule has 54 valence electrons. The summed E-state index contributed by atoms with van der Waals surface area (Å²) in [5.41, 5.74) is 0. The third kappa shape index (κ3) is 1.02. The second-order valence-electron chi connectivity index (χ2n) is 1.85. The lowest BCUT2D eigenvalue weighted by molar-refractivity contribution is 0.0983. The molecule has 4 heteroatoms. The minimum atomic E-state index is -0.308. The maximum atomic E-state index is 10.6.